The zero-order valence-electron chi connectivity index (χ0n) is 20.6. The lowest BCUT2D eigenvalue weighted by molar-refractivity contribution is 0.0288. The molecule has 1 aromatic heterocycles. The Morgan fingerprint density at radius 2 is 1.88 bits per heavy atom. The summed E-state index contributed by atoms with van der Waals surface area (Å²) in [4.78, 5) is 14.2. The van der Waals surface area contributed by atoms with E-state index >= 15 is 0 Å². The summed E-state index contributed by atoms with van der Waals surface area (Å²) in [6, 6.07) is 7.49. The van der Waals surface area contributed by atoms with Crippen molar-refractivity contribution in [3.63, 3.8) is 0 Å². The van der Waals surface area contributed by atoms with Crippen LogP contribution in [0.15, 0.2) is 18.2 Å². The number of aromatic nitrogens is 2. The second kappa shape index (κ2) is 10.4. The average molecular weight is 466 g/mol. The highest BCUT2D eigenvalue weighted by molar-refractivity contribution is 5.68. The van der Waals surface area contributed by atoms with E-state index in [0.717, 1.165) is 0 Å². The molecule has 0 spiro atoms. The number of anilines is 1. The fourth-order valence-electron chi connectivity index (χ4n) is 3.67. The van der Waals surface area contributed by atoms with Crippen molar-refractivity contribution in [3.8, 4) is 29.4 Å². The Bertz CT molecular complexity index is 1120. The molecule has 2 aromatic rings. The molecule has 1 aliphatic rings. The van der Waals surface area contributed by atoms with E-state index in [0.29, 0.717) is 60.2 Å². The number of nitriles is 1. The van der Waals surface area contributed by atoms with Gasteiger partial charge in [-0.25, -0.2) is 9.48 Å². The molecule has 1 atom stereocenters. The number of nitrogens with zero attached hydrogens (tertiary/aromatic N) is 4. The summed E-state index contributed by atoms with van der Waals surface area (Å²) >= 11 is 0. The van der Waals surface area contributed by atoms with Crippen LogP contribution in [0.5, 0.6) is 11.5 Å². The minimum absolute atomic E-state index is 0.0962. The number of benzene rings is 1. The lowest BCUT2D eigenvalue weighted by Crippen LogP contribution is -2.35. The Morgan fingerprint density at radius 3 is 2.44 bits per heavy atom. The maximum atomic E-state index is 12.5. The molecule has 1 aliphatic heterocycles. The third-order valence-corrected chi connectivity index (χ3v) is 5.20. The van der Waals surface area contributed by atoms with E-state index in [4.69, 9.17) is 14.2 Å². The van der Waals surface area contributed by atoms with Gasteiger partial charge in [0.15, 0.2) is 5.69 Å². The summed E-state index contributed by atoms with van der Waals surface area (Å²) in [5.41, 5.74) is 0.863. The van der Waals surface area contributed by atoms with Crippen LogP contribution in [0.1, 0.15) is 57.0 Å². The smallest absolute Gasteiger partial charge is 0.410 e. The molecule has 0 aliphatic carbocycles. The normalized spacial score (nSPS) is 15.2. The zero-order valence-corrected chi connectivity index (χ0v) is 20.6. The fourth-order valence-corrected chi connectivity index (χ4v) is 3.67. The van der Waals surface area contributed by atoms with Crippen LogP contribution in [0.2, 0.25) is 0 Å². The van der Waals surface area contributed by atoms with Crippen LogP contribution >= 0.6 is 0 Å². The van der Waals surface area contributed by atoms with Crippen LogP contribution in [0.3, 0.4) is 0 Å². The molecule has 3 rings (SSSR count). The van der Waals surface area contributed by atoms with Crippen LogP contribution in [0.25, 0.3) is 0 Å². The first kappa shape index (κ1) is 24.8. The fraction of sp³-hybridized carbons (Fsp3) is 0.480. The molecule has 34 heavy (non-hydrogen) atoms. The van der Waals surface area contributed by atoms with Gasteiger partial charge in [0.25, 0.3) is 0 Å². The number of rotatable bonds is 5. The van der Waals surface area contributed by atoms with Gasteiger partial charge < -0.3 is 24.4 Å². The molecule has 9 nitrogen and oxygen atoms in total. The first-order valence-corrected chi connectivity index (χ1v) is 11.2. The Morgan fingerprint density at radius 1 is 1.21 bits per heavy atom. The predicted octanol–water partition coefficient (Wildman–Crippen LogP) is 3.79. The van der Waals surface area contributed by atoms with E-state index in [1.807, 2.05) is 27.7 Å². The molecule has 1 aromatic carbocycles. The van der Waals surface area contributed by atoms with Gasteiger partial charge >= 0.3 is 6.09 Å². The summed E-state index contributed by atoms with van der Waals surface area (Å²) in [7, 11) is 3.15. The van der Waals surface area contributed by atoms with Crippen LogP contribution < -0.4 is 14.8 Å². The van der Waals surface area contributed by atoms with E-state index in [1.54, 1.807) is 42.0 Å². The summed E-state index contributed by atoms with van der Waals surface area (Å²) in [6.45, 7) is 9.10. The molecule has 0 radical (unpaired) electrons. The predicted molar refractivity (Wildman–Crippen MR) is 128 cm³/mol. The highest BCUT2D eigenvalue weighted by atomic mass is 16.6. The third kappa shape index (κ3) is 5.74. The van der Waals surface area contributed by atoms with E-state index in [1.165, 1.54) is 0 Å². The van der Waals surface area contributed by atoms with E-state index in [2.05, 4.69) is 28.3 Å². The lowest BCUT2D eigenvalue weighted by Gasteiger charge is -2.24. The van der Waals surface area contributed by atoms with Gasteiger partial charge in [0, 0.05) is 31.3 Å². The Kier molecular flexibility index (Phi) is 7.57. The number of likely N-dealkylation sites (tertiary alicyclic amines) is 1. The number of hydrogen-bond donors (Lipinski definition) is 1. The van der Waals surface area contributed by atoms with Crippen molar-refractivity contribution >= 4 is 11.9 Å². The minimum Gasteiger partial charge on any atom is -0.497 e. The van der Waals surface area contributed by atoms with Crippen LogP contribution in [0.4, 0.5) is 10.6 Å². The molecular weight excluding hydrogens is 434 g/mol. The van der Waals surface area contributed by atoms with Crippen molar-refractivity contribution in [2.45, 2.75) is 45.8 Å². The number of amides is 1. The molecular formula is C25H31N5O4. The number of carbonyl (C=O) groups is 1. The standard InChI is InChI=1S/C25H31N5O4/c1-7-27-23-21(15-26)22(9-8-17-12-19(32-5)14-20(13-17)33-6)28-30(23)18-10-11-29(16-18)24(31)34-25(2,3)4/h12-14,18,27H,7,10-11,16H2,1-6H3/t18-/m0/s1. The summed E-state index contributed by atoms with van der Waals surface area (Å²) < 4.78 is 17.9. The highest BCUT2D eigenvalue weighted by Gasteiger charge is 2.33. The number of carbonyl (C=O) groups excluding carboxylic acids is 1. The molecule has 1 amide bonds. The second-order valence-electron chi connectivity index (χ2n) is 8.88. The molecule has 0 bridgehead atoms. The first-order valence-electron chi connectivity index (χ1n) is 11.2. The largest absolute Gasteiger partial charge is 0.497 e. The van der Waals surface area contributed by atoms with Gasteiger partial charge in [0.1, 0.15) is 34.6 Å². The van der Waals surface area contributed by atoms with Gasteiger partial charge in [0.05, 0.1) is 20.3 Å². The van der Waals surface area contributed by atoms with E-state index < -0.39 is 5.60 Å². The van der Waals surface area contributed by atoms with Crippen molar-refractivity contribution < 1.29 is 19.0 Å². The average Bonchev–Trinajstić information content (AvgIpc) is 3.41. The Balaban J connectivity index is 1.92. The van der Waals surface area contributed by atoms with E-state index in [9.17, 15) is 10.1 Å². The quantitative estimate of drug-likeness (QED) is 0.671. The number of hydrogen-bond acceptors (Lipinski definition) is 7. The second-order valence-corrected chi connectivity index (χ2v) is 8.88. The van der Waals surface area contributed by atoms with Crippen LogP contribution in [0, 0.1) is 23.2 Å². The maximum absolute atomic E-state index is 12.5. The molecule has 2 heterocycles. The molecule has 1 saturated heterocycles. The molecule has 180 valence electrons. The van der Waals surface area contributed by atoms with Crippen molar-refractivity contribution in [1.82, 2.24) is 14.7 Å². The van der Waals surface area contributed by atoms with Gasteiger partial charge in [-0.1, -0.05) is 5.92 Å². The maximum Gasteiger partial charge on any atom is 0.410 e. The molecule has 9 heteroatoms. The Hall–Kier alpha value is -3.85. The van der Waals surface area contributed by atoms with Crippen LogP contribution in [-0.4, -0.2) is 60.2 Å². The summed E-state index contributed by atoms with van der Waals surface area (Å²) in [6.07, 6.45) is 0.351. The molecule has 1 N–H and O–H groups in total. The van der Waals surface area contributed by atoms with Gasteiger partial charge in [-0.2, -0.15) is 10.4 Å². The van der Waals surface area contributed by atoms with Crippen molar-refractivity contribution in [1.29, 1.82) is 5.26 Å². The number of ether oxygens (including phenoxy) is 3. The molecule has 0 unspecified atom stereocenters. The third-order valence-electron chi connectivity index (χ3n) is 5.20. The first-order chi connectivity index (χ1) is 16.2. The zero-order chi connectivity index (χ0) is 24.9. The monoisotopic (exact) mass is 465 g/mol. The topological polar surface area (TPSA) is 102 Å². The van der Waals surface area contributed by atoms with Gasteiger partial charge in [-0.15, -0.1) is 0 Å². The minimum atomic E-state index is -0.560. The molecule has 1 fully saturated rings. The van der Waals surface area contributed by atoms with Crippen molar-refractivity contribution in [3.05, 3.63) is 35.0 Å². The summed E-state index contributed by atoms with van der Waals surface area (Å²) in [5, 5.41) is 17.8. The highest BCUT2D eigenvalue weighted by Crippen LogP contribution is 2.30. The van der Waals surface area contributed by atoms with E-state index in [-0.39, 0.29) is 12.1 Å². The summed E-state index contributed by atoms with van der Waals surface area (Å²) in [5.74, 6) is 7.94. The van der Waals surface area contributed by atoms with Gasteiger partial charge in [-0.3, -0.25) is 0 Å². The number of methoxy groups -OCH3 is 2. The SMILES string of the molecule is CCNc1c(C#N)c(C#Cc2cc(OC)cc(OC)c2)nn1[C@H]1CCN(C(=O)OC(C)(C)C)C1. The lowest BCUT2D eigenvalue weighted by atomic mass is 10.2. The molecule has 0 saturated carbocycles. The van der Waals surface area contributed by atoms with Crippen LogP contribution in [-0.2, 0) is 4.74 Å². The van der Waals surface area contributed by atoms with Crippen molar-refractivity contribution in [2.24, 2.45) is 0 Å². The Labute approximate surface area is 200 Å². The van der Waals surface area contributed by atoms with Gasteiger partial charge in [-0.05, 0) is 52.2 Å². The van der Waals surface area contributed by atoms with Gasteiger partial charge in [0.2, 0.25) is 0 Å². The number of nitrogens with one attached hydrogen (secondary N) is 1. The van der Waals surface area contributed by atoms with Crippen molar-refractivity contribution in [2.75, 3.05) is 39.2 Å².